The summed E-state index contributed by atoms with van der Waals surface area (Å²) in [5.74, 6) is 0. The van der Waals surface area contributed by atoms with Crippen molar-refractivity contribution in [1.29, 1.82) is 0 Å². The largest absolute Gasteiger partial charge is 0.445 e. The van der Waals surface area contributed by atoms with E-state index in [-0.39, 0.29) is 6.08 Å². The monoisotopic (exact) mass is 280 g/mol. The third kappa shape index (κ3) is 4.58. The van der Waals surface area contributed by atoms with Crippen molar-refractivity contribution in [3.8, 4) is 6.08 Å². The molecule has 2 rings (SSSR count). The van der Waals surface area contributed by atoms with Gasteiger partial charge in [0.25, 0.3) is 0 Å². The quantitative estimate of drug-likeness (QED) is 0.790. The minimum absolute atomic E-state index is 0.285. The number of hydrogen-bond donors (Lipinski definition) is 1. The molecule has 0 spiro atoms. The van der Waals surface area contributed by atoms with Gasteiger partial charge in [0, 0.05) is 11.6 Å². The molecule has 4 nitrogen and oxygen atoms in total. The Balaban J connectivity index is 1.83. The predicted octanol–water partition coefficient (Wildman–Crippen LogP) is 3.41. The van der Waals surface area contributed by atoms with Gasteiger partial charge in [-0.15, -0.1) is 0 Å². The lowest BCUT2D eigenvalue weighted by atomic mass is 10.2. The number of oxazole rings is 1. The highest BCUT2D eigenvalue weighted by molar-refractivity contribution is 6.30. The first kappa shape index (κ1) is 13.9. The van der Waals surface area contributed by atoms with Crippen LogP contribution in [0.15, 0.2) is 34.9 Å². The number of hydrogen-bond acceptors (Lipinski definition) is 4. The molecule has 1 heterocycles. The summed E-state index contributed by atoms with van der Waals surface area (Å²) in [5.41, 5.74) is 1.82. The predicted molar refractivity (Wildman–Crippen MR) is 74.3 cm³/mol. The van der Waals surface area contributed by atoms with Crippen molar-refractivity contribution in [3.63, 3.8) is 0 Å². The van der Waals surface area contributed by atoms with Gasteiger partial charge in [-0.1, -0.05) is 30.7 Å². The summed E-state index contributed by atoms with van der Waals surface area (Å²) in [6.07, 6.45) is 2.99. The third-order valence-corrected chi connectivity index (χ3v) is 2.75. The molecule has 5 heteroatoms. The second kappa shape index (κ2) is 7.16. The highest BCUT2D eigenvalue weighted by atomic mass is 35.5. The molecule has 0 saturated carbocycles. The molecule has 0 aliphatic rings. The van der Waals surface area contributed by atoms with Crippen molar-refractivity contribution in [3.05, 3.63) is 46.8 Å². The van der Waals surface area contributed by atoms with Crippen molar-refractivity contribution in [2.24, 2.45) is 0 Å². The fourth-order valence-corrected chi connectivity index (χ4v) is 1.81. The summed E-state index contributed by atoms with van der Waals surface area (Å²) in [5, 5.41) is 3.94. The average molecular weight is 281 g/mol. The van der Waals surface area contributed by atoms with E-state index in [0.29, 0.717) is 18.2 Å². The van der Waals surface area contributed by atoms with Crippen molar-refractivity contribution in [2.45, 2.75) is 26.5 Å². The molecule has 0 fully saturated rings. The van der Waals surface area contributed by atoms with Crippen LogP contribution < -0.4 is 10.1 Å². The number of ether oxygens (including phenoxy) is 1. The summed E-state index contributed by atoms with van der Waals surface area (Å²) in [7, 11) is 0. The topological polar surface area (TPSA) is 47.3 Å². The van der Waals surface area contributed by atoms with Crippen LogP contribution in [0.25, 0.3) is 0 Å². The van der Waals surface area contributed by atoms with Crippen LogP contribution in [0.3, 0.4) is 0 Å². The van der Waals surface area contributed by atoms with E-state index in [1.54, 1.807) is 6.26 Å². The van der Waals surface area contributed by atoms with Crippen molar-refractivity contribution in [1.82, 2.24) is 10.3 Å². The Hall–Kier alpha value is -1.52. The van der Waals surface area contributed by atoms with Gasteiger partial charge in [0.15, 0.2) is 0 Å². The number of nitrogens with zero attached hydrogens (tertiary/aromatic N) is 1. The molecule has 0 unspecified atom stereocenters. The molecule has 0 bridgehead atoms. The lowest BCUT2D eigenvalue weighted by Crippen LogP contribution is -2.13. The van der Waals surface area contributed by atoms with E-state index in [1.807, 2.05) is 24.3 Å². The van der Waals surface area contributed by atoms with Gasteiger partial charge in [0.1, 0.15) is 12.9 Å². The average Bonchev–Trinajstić information content (AvgIpc) is 2.85. The van der Waals surface area contributed by atoms with E-state index in [4.69, 9.17) is 20.8 Å². The number of aromatic nitrogens is 1. The second-order valence-electron chi connectivity index (χ2n) is 4.20. The minimum atomic E-state index is 0.285. The Kier molecular flexibility index (Phi) is 5.24. The Morgan fingerprint density at radius 2 is 2.32 bits per heavy atom. The Bertz CT molecular complexity index is 514. The molecule has 102 valence electrons. The molecule has 1 aromatic heterocycles. The zero-order chi connectivity index (χ0) is 13.5. The SMILES string of the molecule is CCCNCc1coc(OCc2cccc(Cl)c2)n1. The van der Waals surface area contributed by atoms with Gasteiger partial charge < -0.3 is 14.5 Å². The lowest BCUT2D eigenvalue weighted by Gasteiger charge is -2.01. The van der Waals surface area contributed by atoms with Crippen molar-refractivity contribution in [2.75, 3.05) is 6.54 Å². The normalized spacial score (nSPS) is 10.6. The summed E-state index contributed by atoms with van der Waals surface area (Å²) in [6.45, 7) is 4.17. The number of nitrogens with one attached hydrogen (secondary N) is 1. The van der Waals surface area contributed by atoms with E-state index in [0.717, 1.165) is 24.2 Å². The summed E-state index contributed by atoms with van der Waals surface area (Å²) in [6, 6.07) is 7.51. The first-order chi connectivity index (χ1) is 9.28. The molecule has 0 aliphatic carbocycles. The van der Waals surface area contributed by atoms with Crippen LogP contribution in [0.1, 0.15) is 24.6 Å². The molecule has 19 heavy (non-hydrogen) atoms. The van der Waals surface area contributed by atoms with Crippen LogP contribution in [-0.2, 0) is 13.2 Å². The Labute approximate surface area is 117 Å². The molecular weight excluding hydrogens is 264 g/mol. The maximum atomic E-state index is 5.90. The van der Waals surface area contributed by atoms with Crippen molar-refractivity contribution >= 4 is 11.6 Å². The highest BCUT2D eigenvalue weighted by Gasteiger charge is 2.05. The van der Waals surface area contributed by atoms with Gasteiger partial charge in [-0.3, -0.25) is 0 Å². The number of halogens is 1. The van der Waals surface area contributed by atoms with Crippen LogP contribution in [0.4, 0.5) is 0 Å². The smallest absolute Gasteiger partial charge is 0.394 e. The molecule has 1 N–H and O–H groups in total. The van der Waals surface area contributed by atoms with Gasteiger partial charge in [-0.2, -0.15) is 4.98 Å². The number of rotatable bonds is 7. The van der Waals surface area contributed by atoms with Gasteiger partial charge in [-0.05, 0) is 30.7 Å². The number of benzene rings is 1. The van der Waals surface area contributed by atoms with Gasteiger partial charge in [-0.25, -0.2) is 0 Å². The fraction of sp³-hybridized carbons (Fsp3) is 0.357. The van der Waals surface area contributed by atoms with Gasteiger partial charge in [0.05, 0.1) is 5.69 Å². The van der Waals surface area contributed by atoms with Crippen LogP contribution in [0, 0.1) is 0 Å². The molecule has 0 saturated heterocycles. The van der Waals surface area contributed by atoms with Gasteiger partial charge in [0.2, 0.25) is 0 Å². The Morgan fingerprint density at radius 3 is 3.11 bits per heavy atom. The van der Waals surface area contributed by atoms with Crippen LogP contribution >= 0.6 is 11.6 Å². The van der Waals surface area contributed by atoms with Crippen LogP contribution in [0.5, 0.6) is 6.08 Å². The summed E-state index contributed by atoms with van der Waals surface area (Å²) < 4.78 is 10.7. The molecular formula is C14H17ClN2O2. The molecule has 0 amide bonds. The van der Waals surface area contributed by atoms with E-state index < -0.39 is 0 Å². The minimum Gasteiger partial charge on any atom is -0.445 e. The van der Waals surface area contributed by atoms with E-state index in [9.17, 15) is 0 Å². The lowest BCUT2D eigenvalue weighted by molar-refractivity contribution is 0.220. The van der Waals surface area contributed by atoms with E-state index >= 15 is 0 Å². The van der Waals surface area contributed by atoms with Crippen LogP contribution in [0.2, 0.25) is 5.02 Å². The second-order valence-corrected chi connectivity index (χ2v) is 4.64. The highest BCUT2D eigenvalue weighted by Crippen LogP contribution is 2.15. The zero-order valence-electron chi connectivity index (χ0n) is 10.9. The molecule has 2 aromatic rings. The van der Waals surface area contributed by atoms with Crippen LogP contribution in [-0.4, -0.2) is 11.5 Å². The maximum absolute atomic E-state index is 5.90. The molecule has 0 radical (unpaired) electrons. The molecule has 0 atom stereocenters. The van der Waals surface area contributed by atoms with E-state index in [2.05, 4.69) is 17.2 Å². The summed E-state index contributed by atoms with van der Waals surface area (Å²) >= 11 is 5.90. The standard InChI is InChI=1S/C14H17ClN2O2/c1-2-6-16-8-13-10-19-14(17-13)18-9-11-4-3-5-12(15)7-11/h3-5,7,10,16H,2,6,8-9H2,1H3. The first-order valence-corrected chi connectivity index (χ1v) is 6.68. The summed E-state index contributed by atoms with van der Waals surface area (Å²) in [4.78, 5) is 4.24. The Morgan fingerprint density at radius 1 is 1.42 bits per heavy atom. The first-order valence-electron chi connectivity index (χ1n) is 6.30. The van der Waals surface area contributed by atoms with E-state index in [1.165, 1.54) is 0 Å². The molecule has 1 aromatic carbocycles. The third-order valence-electron chi connectivity index (χ3n) is 2.51. The molecule has 0 aliphatic heterocycles. The fourth-order valence-electron chi connectivity index (χ4n) is 1.60. The van der Waals surface area contributed by atoms with Gasteiger partial charge >= 0.3 is 6.08 Å². The zero-order valence-corrected chi connectivity index (χ0v) is 11.6. The maximum Gasteiger partial charge on any atom is 0.394 e. The van der Waals surface area contributed by atoms with Crippen molar-refractivity contribution < 1.29 is 9.15 Å².